The van der Waals surface area contributed by atoms with E-state index in [1.165, 1.54) is 22.3 Å². The van der Waals surface area contributed by atoms with Crippen LogP contribution in [0.25, 0.3) is 0 Å². The topological polar surface area (TPSA) is 35.5 Å². The van der Waals surface area contributed by atoms with Crippen LogP contribution in [0.4, 0.5) is 0 Å². The summed E-state index contributed by atoms with van der Waals surface area (Å²) in [6, 6.07) is 5.50. The molecule has 0 N–H and O–H groups in total. The second kappa shape index (κ2) is 16.3. The normalized spacial score (nSPS) is 12.6. The maximum Gasteiger partial charge on any atom is 0.188 e. The van der Waals surface area contributed by atoms with Crippen molar-refractivity contribution >= 4 is 6.29 Å². The Balaban J connectivity index is 2.49. The van der Waals surface area contributed by atoms with Gasteiger partial charge in [-0.1, -0.05) is 46.6 Å². The molecule has 0 heterocycles. The Morgan fingerprint density at radius 1 is 0.812 bits per heavy atom. The molecule has 0 radical (unpaired) electrons. The van der Waals surface area contributed by atoms with E-state index in [4.69, 9.17) is 9.47 Å². The highest BCUT2D eigenvalue weighted by atomic mass is 16.7. The van der Waals surface area contributed by atoms with Gasteiger partial charge in [0.15, 0.2) is 6.79 Å². The molecule has 0 unspecified atom stereocenters. The van der Waals surface area contributed by atoms with Gasteiger partial charge in [-0.25, -0.2) is 0 Å². The third-order valence-electron chi connectivity index (χ3n) is 5.38. The van der Waals surface area contributed by atoms with Gasteiger partial charge in [0, 0.05) is 12.7 Å². The van der Waals surface area contributed by atoms with Crippen LogP contribution in [-0.2, 0) is 11.2 Å². The van der Waals surface area contributed by atoms with Crippen LogP contribution in [0.1, 0.15) is 89.1 Å². The molecule has 0 bridgehead atoms. The second-order valence-corrected chi connectivity index (χ2v) is 8.79. The summed E-state index contributed by atoms with van der Waals surface area (Å²) in [6.07, 6.45) is 17.5. The smallest absolute Gasteiger partial charge is 0.188 e. The summed E-state index contributed by atoms with van der Waals surface area (Å²) in [5.74, 6) is 0.765. The summed E-state index contributed by atoms with van der Waals surface area (Å²) < 4.78 is 10.6. The van der Waals surface area contributed by atoms with Crippen molar-refractivity contribution in [3.8, 4) is 5.75 Å². The molecule has 0 aromatic heterocycles. The van der Waals surface area contributed by atoms with Gasteiger partial charge in [0.25, 0.3) is 0 Å². The van der Waals surface area contributed by atoms with Gasteiger partial charge < -0.3 is 9.47 Å². The van der Waals surface area contributed by atoms with Gasteiger partial charge in [-0.05, 0) is 103 Å². The Bertz CT molecular complexity index is 821. The van der Waals surface area contributed by atoms with E-state index in [1.807, 2.05) is 12.1 Å². The fraction of sp³-hybridized carbons (Fsp3) is 0.483. The molecule has 3 heteroatoms. The first-order valence-corrected chi connectivity index (χ1v) is 11.7. The Morgan fingerprint density at radius 2 is 1.38 bits per heavy atom. The first-order valence-electron chi connectivity index (χ1n) is 11.7. The Morgan fingerprint density at radius 3 is 1.91 bits per heavy atom. The van der Waals surface area contributed by atoms with Gasteiger partial charge in [-0.15, -0.1) is 0 Å². The average Bonchev–Trinajstić information content (AvgIpc) is 2.76. The maximum atomic E-state index is 11.1. The van der Waals surface area contributed by atoms with Gasteiger partial charge >= 0.3 is 0 Å². The summed E-state index contributed by atoms with van der Waals surface area (Å²) in [5.41, 5.74) is 7.36. The van der Waals surface area contributed by atoms with E-state index in [-0.39, 0.29) is 6.79 Å². The molecule has 0 saturated heterocycles. The monoisotopic (exact) mass is 438 g/mol. The van der Waals surface area contributed by atoms with E-state index >= 15 is 0 Å². The molecular formula is C29H42O3. The number of benzene rings is 1. The zero-order valence-corrected chi connectivity index (χ0v) is 21.0. The highest BCUT2D eigenvalue weighted by Gasteiger charge is 2.05. The van der Waals surface area contributed by atoms with E-state index in [1.54, 1.807) is 13.2 Å². The standard InChI is InChI=1S/C29H42O3/c1-23(2)10-7-11-24(3)12-8-13-25(4)14-9-15-26(5)16-18-28-20-27(21-30)17-19-29(28)32-22-31-6/h10,12,14,16-17,19-21H,7-9,11,13,15,18,22H2,1-6H3/b24-12+,25-14+,26-16+. The highest BCUT2D eigenvalue weighted by Crippen LogP contribution is 2.22. The van der Waals surface area contributed by atoms with Crippen molar-refractivity contribution in [1.82, 2.24) is 0 Å². The first kappa shape index (κ1) is 27.6. The lowest BCUT2D eigenvalue weighted by Gasteiger charge is -2.10. The minimum absolute atomic E-state index is 0.199. The third kappa shape index (κ3) is 12.5. The van der Waals surface area contributed by atoms with Gasteiger partial charge in [-0.3, -0.25) is 4.79 Å². The van der Waals surface area contributed by atoms with Crippen LogP contribution < -0.4 is 4.74 Å². The van der Waals surface area contributed by atoms with Crippen molar-refractivity contribution in [1.29, 1.82) is 0 Å². The molecule has 0 spiro atoms. The molecule has 32 heavy (non-hydrogen) atoms. The highest BCUT2D eigenvalue weighted by molar-refractivity contribution is 5.75. The second-order valence-electron chi connectivity index (χ2n) is 8.79. The molecule has 0 saturated carbocycles. The van der Waals surface area contributed by atoms with E-state index in [0.717, 1.165) is 62.5 Å². The molecule has 0 amide bonds. The van der Waals surface area contributed by atoms with Crippen molar-refractivity contribution in [2.75, 3.05) is 13.9 Å². The molecule has 0 aliphatic rings. The molecular weight excluding hydrogens is 396 g/mol. The van der Waals surface area contributed by atoms with Crippen molar-refractivity contribution in [3.05, 3.63) is 75.9 Å². The van der Waals surface area contributed by atoms with Crippen LogP contribution in [-0.4, -0.2) is 20.2 Å². The summed E-state index contributed by atoms with van der Waals surface area (Å²) >= 11 is 0. The zero-order chi connectivity index (χ0) is 23.8. The zero-order valence-electron chi connectivity index (χ0n) is 21.0. The minimum Gasteiger partial charge on any atom is -0.467 e. The fourth-order valence-electron chi connectivity index (χ4n) is 3.37. The van der Waals surface area contributed by atoms with Crippen molar-refractivity contribution in [2.45, 2.75) is 79.6 Å². The molecule has 1 aromatic carbocycles. The number of carbonyl (C=O) groups is 1. The van der Waals surface area contributed by atoms with E-state index in [0.29, 0.717) is 5.56 Å². The SMILES string of the molecule is COCOc1ccc(C=O)cc1C/C=C(\C)CC/C=C(\C)CC/C=C(\C)CCC=C(C)C. The summed E-state index contributed by atoms with van der Waals surface area (Å²) in [7, 11) is 1.60. The van der Waals surface area contributed by atoms with Gasteiger partial charge in [0.1, 0.15) is 12.0 Å². The minimum atomic E-state index is 0.199. The van der Waals surface area contributed by atoms with Crippen LogP contribution in [0.15, 0.2) is 64.8 Å². The van der Waals surface area contributed by atoms with E-state index in [9.17, 15) is 4.79 Å². The van der Waals surface area contributed by atoms with Crippen LogP contribution >= 0.6 is 0 Å². The van der Waals surface area contributed by atoms with Crippen molar-refractivity contribution in [3.63, 3.8) is 0 Å². The summed E-state index contributed by atoms with van der Waals surface area (Å²) in [5, 5.41) is 0. The molecule has 0 aliphatic carbocycles. The number of hydrogen-bond acceptors (Lipinski definition) is 3. The van der Waals surface area contributed by atoms with Crippen LogP contribution in [0.2, 0.25) is 0 Å². The first-order chi connectivity index (χ1) is 15.3. The Kier molecular flexibility index (Phi) is 14.1. The number of carbonyl (C=O) groups excluding carboxylic acids is 1. The lowest BCUT2D eigenvalue weighted by molar-refractivity contribution is 0.0505. The Hall–Kier alpha value is -2.39. The lowest BCUT2D eigenvalue weighted by atomic mass is 10.0. The maximum absolute atomic E-state index is 11.1. The number of ether oxygens (including phenoxy) is 2. The average molecular weight is 439 g/mol. The van der Waals surface area contributed by atoms with E-state index in [2.05, 4.69) is 58.9 Å². The third-order valence-corrected chi connectivity index (χ3v) is 5.38. The molecule has 0 atom stereocenters. The number of allylic oxidation sites excluding steroid dienone is 8. The van der Waals surface area contributed by atoms with Gasteiger partial charge in [0.05, 0.1) is 0 Å². The van der Waals surface area contributed by atoms with Crippen molar-refractivity contribution < 1.29 is 14.3 Å². The van der Waals surface area contributed by atoms with Crippen LogP contribution in [0, 0.1) is 0 Å². The fourth-order valence-corrected chi connectivity index (χ4v) is 3.37. The molecule has 0 aliphatic heterocycles. The largest absolute Gasteiger partial charge is 0.467 e. The van der Waals surface area contributed by atoms with Crippen molar-refractivity contribution in [2.24, 2.45) is 0 Å². The van der Waals surface area contributed by atoms with E-state index < -0.39 is 0 Å². The molecule has 176 valence electrons. The number of hydrogen-bond donors (Lipinski definition) is 0. The van der Waals surface area contributed by atoms with Gasteiger partial charge in [-0.2, -0.15) is 0 Å². The van der Waals surface area contributed by atoms with Crippen LogP contribution in [0.5, 0.6) is 5.75 Å². The number of aldehydes is 1. The number of methoxy groups -OCH3 is 1. The molecule has 0 fully saturated rings. The van der Waals surface area contributed by atoms with Crippen LogP contribution in [0.3, 0.4) is 0 Å². The quantitative estimate of drug-likeness (QED) is 0.157. The van der Waals surface area contributed by atoms with Gasteiger partial charge in [0.2, 0.25) is 0 Å². The Labute approximate surface area is 195 Å². The molecule has 1 rings (SSSR count). The summed E-state index contributed by atoms with van der Waals surface area (Å²) in [6.45, 7) is 11.2. The summed E-state index contributed by atoms with van der Waals surface area (Å²) in [4.78, 5) is 11.1. The molecule has 1 aromatic rings. The lowest BCUT2D eigenvalue weighted by Crippen LogP contribution is -2.02. The molecule has 3 nitrogen and oxygen atoms in total. The predicted octanol–water partition coefficient (Wildman–Crippen LogP) is 8.17. The number of rotatable bonds is 15. The predicted molar refractivity (Wildman–Crippen MR) is 136 cm³/mol.